The van der Waals surface area contributed by atoms with Crippen molar-refractivity contribution in [1.29, 1.82) is 0 Å². The zero-order chi connectivity index (χ0) is 50.0. The van der Waals surface area contributed by atoms with Crippen molar-refractivity contribution in [3.8, 4) is 0 Å². The SMILES string of the molecule is C=C1CO[C@]2(C)[C@@H](CC)OC(=O)[C@H](C)[C@@H](OC3C[C@@](C)(OC)[C@@H](O)[C@H](C)O3)[C@H](C)[C@@H](O[C@@H]3O[C@H](C)C[C@H](N(C)C)[C@H]3O)[C@](C)(OCCN(C)Cc3cnc4ccccc4c3)C[C@@H](C)C(=O)C(C)[C@H]12. The molecular weight excluding hydrogens is 871 g/mol. The van der Waals surface area contributed by atoms with Gasteiger partial charge in [-0.05, 0) is 105 Å². The van der Waals surface area contributed by atoms with Gasteiger partial charge < -0.3 is 53.0 Å². The van der Waals surface area contributed by atoms with Gasteiger partial charge >= 0.3 is 5.97 Å². The van der Waals surface area contributed by atoms with E-state index in [9.17, 15) is 15.0 Å². The number of aliphatic hydroxyl groups is 2. The van der Waals surface area contributed by atoms with Crippen LogP contribution in [0.1, 0.15) is 100 Å². The first kappa shape index (κ1) is 54.4. The van der Waals surface area contributed by atoms with E-state index in [2.05, 4.69) is 28.6 Å². The minimum absolute atomic E-state index is 0.00770. The van der Waals surface area contributed by atoms with Crippen LogP contribution in [0.4, 0.5) is 0 Å². The Morgan fingerprint density at radius 3 is 2.32 bits per heavy atom. The van der Waals surface area contributed by atoms with E-state index in [1.165, 1.54) is 0 Å². The Bertz CT molecular complexity index is 2040. The Balaban J connectivity index is 1.45. The topological polar surface area (TPSA) is 168 Å². The lowest BCUT2D eigenvalue weighted by molar-refractivity contribution is -0.320. The highest BCUT2D eigenvalue weighted by Gasteiger charge is 2.57. The molecule has 18 atom stereocenters. The van der Waals surface area contributed by atoms with Crippen LogP contribution in [0, 0.1) is 29.6 Å². The first-order valence-electron chi connectivity index (χ1n) is 24.9. The molecule has 4 aliphatic heterocycles. The van der Waals surface area contributed by atoms with Crippen LogP contribution in [-0.2, 0) is 54.0 Å². The molecule has 6 rings (SSSR count). The van der Waals surface area contributed by atoms with Gasteiger partial charge in [-0.3, -0.25) is 19.5 Å². The number of carbonyl (C=O) groups excluding carboxylic acids is 2. The van der Waals surface area contributed by atoms with E-state index in [-0.39, 0.29) is 44.0 Å². The monoisotopic (exact) mass is 954 g/mol. The molecule has 5 heterocycles. The number of likely N-dealkylation sites (N-methyl/N-ethyl adjacent to an activating group) is 2. The maximum absolute atomic E-state index is 15.0. The van der Waals surface area contributed by atoms with Crippen LogP contribution >= 0.6 is 0 Å². The van der Waals surface area contributed by atoms with Crippen LogP contribution in [0.15, 0.2) is 48.7 Å². The molecule has 1 aromatic heterocycles. The molecular formula is C53H83N3O12. The molecule has 4 saturated heterocycles. The Morgan fingerprint density at radius 1 is 0.941 bits per heavy atom. The van der Waals surface area contributed by atoms with Gasteiger partial charge in [0, 0.05) is 67.9 Å². The number of hydrogen-bond donors (Lipinski definition) is 2. The first-order valence-corrected chi connectivity index (χ1v) is 24.9. The molecule has 1 aromatic carbocycles. The number of methoxy groups -OCH3 is 1. The molecule has 2 unspecified atom stereocenters. The highest BCUT2D eigenvalue weighted by molar-refractivity contribution is 5.84. The van der Waals surface area contributed by atoms with Crippen LogP contribution in [0.25, 0.3) is 10.9 Å². The number of hydrogen-bond acceptors (Lipinski definition) is 15. The summed E-state index contributed by atoms with van der Waals surface area (Å²) < 4.78 is 53.2. The van der Waals surface area contributed by atoms with Crippen molar-refractivity contribution in [2.24, 2.45) is 29.6 Å². The Morgan fingerprint density at radius 2 is 1.65 bits per heavy atom. The molecule has 2 aromatic rings. The average Bonchev–Trinajstić information content (AvgIpc) is 3.61. The lowest BCUT2D eigenvalue weighted by Crippen LogP contribution is -2.61. The van der Waals surface area contributed by atoms with Gasteiger partial charge in [0.2, 0.25) is 0 Å². The molecule has 15 nitrogen and oxygen atoms in total. The quantitative estimate of drug-likeness (QED) is 0.169. The number of ketones is 1. The summed E-state index contributed by atoms with van der Waals surface area (Å²) in [7, 11) is 7.42. The average molecular weight is 954 g/mol. The Labute approximate surface area is 405 Å². The van der Waals surface area contributed by atoms with Crippen molar-refractivity contribution in [3.05, 3.63) is 54.2 Å². The molecule has 0 aliphatic carbocycles. The van der Waals surface area contributed by atoms with Crippen molar-refractivity contribution in [2.75, 3.05) is 48.0 Å². The van der Waals surface area contributed by atoms with Crippen molar-refractivity contribution in [3.63, 3.8) is 0 Å². The summed E-state index contributed by atoms with van der Waals surface area (Å²) in [5.74, 6) is -3.71. The molecule has 0 spiro atoms. The van der Waals surface area contributed by atoms with Gasteiger partial charge in [-0.2, -0.15) is 0 Å². The van der Waals surface area contributed by atoms with Crippen molar-refractivity contribution in [2.45, 2.75) is 180 Å². The molecule has 0 saturated carbocycles. The van der Waals surface area contributed by atoms with Gasteiger partial charge in [-0.1, -0.05) is 52.5 Å². The maximum atomic E-state index is 15.0. The van der Waals surface area contributed by atoms with Gasteiger partial charge in [-0.25, -0.2) is 0 Å². The van der Waals surface area contributed by atoms with Crippen LogP contribution in [0.2, 0.25) is 0 Å². The fraction of sp³-hybridized carbons (Fsp3) is 0.755. The number of aliphatic hydroxyl groups excluding tert-OH is 2. The largest absolute Gasteiger partial charge is 0.459 e. The highest BCUT2D eigenvalue weighted by atomic mass is 16.7. The second kappa shape index (κ2) is 22.2. The molecule has 68 heavy (non-hydrogen) atoms. The van der Waals surface area contributed by atoms with Gasteiger partial charge in [0.25, 0.3) is 0 Å². The predicted molar refractivity (Wildman–Crippen MR) is 258 cm³/mol. The molecule has 0 amide bonds. The number of nitrogens with zero attached hydrogens (tertiary/aromatic N) is 3. The normalized spacial score (nSPS) is 41.2. The number of carbonyl (C=O) groups is 2. The van der Waals surface area contributed by atoms with E-state index >= 15 is 4.79 Å². The zero-order valence-electron chi connectivity index (χ0n) is 43.3. The smallest absolute Gasteiger partial charge is 0.311 e. The molecule has 0 bridgehead atoms. The predicted octanol–water partition coefficient (Wildman–Crippen LogP) is 6.34. The second-order valence-electron chi connectivity index (χ2n) is 21.5. The minimum atomic E-state index is -1.26. The van der Waals surface area contributed by atoms with Gasteiger partial charge in [-0.15, -0.1) is 0 Å². The van der Waals surface area contributed by atoms with E-state index in [1.54, 1.807) is 21.0 Å². The van der Waals surface area contributed by atoms with Crippen LogP contribution < -0.4 is 0 Å². The summed E-state index contributed by atoms with van der Waals surface area (Å²) in [6.45, 7) is 24.9. The first-order chi connectivity index (χ1) is 32.0. The fourth-order valence-corrected chi connectivity index (χ4v) is 11.8. The van der Waals surface area contributed by atoms with Crippen LogP contribution in [0.3, 0.4) is 0 Å². The summed E-state index contributed by atoms with van der Waals surface area (Å²) >= 11 is 0. The van der Waals surface area contributed by atoms with Crippen molar-refractivity contribution < 1.29 is 57.7 Å². The van der Waals surface area contributed by atoms with Crippen LogP contribution in [-0.4, -0.2) is 163 Å². The van der Waals surface area contributed by atoms with Crippen molar-refractivity contribution >= 4 is 22.7 Å². The highest BCUT2D eigenvalue weighted by Crippen LogP contribution is 2.47. The van der Waals surface area contributed by atoms with Gasteiger partial charge in [0.1, 0.15) is 29.7 Å². The standard InChI is InChI=1S/C53H83N3O12/c1-16-41-53(11)43(31(3)29-63-53)33(5)44(57)30(2)25-52(10,62-22-21-56(14)28-37-24-38-19-17-18-20-39(38)54-27-37)48(68-50-45(58)40(55(12)13)23-32(4)64-50)34(6)46(35(7)49(60)66-41)67-42-26-51(9,61-15)47(59)36(8)65-42/h17-20,24,27,30,32-36,40-43,45-48,50,58-59H,3,16,21-23,25-26,28-29H2,1-2,4-15H3/t30-,32-,33?,34+,35-,36+,40+,41-,42?,43+,45-,46+,47+,48-,50+,51-,52-,53-/m1/s1. The third-order valence-electron chi connectivity index (χ3n) is 15.8. The van der Waals surface area contributed by atoms with E-state index in [0.29, 0.717) is 25.9 Å². The van der Waals surface area contributed by atoms with E-state index < -0.39 is 102 Å². The number of aromatic nitrogens is 1. The molecule has 15 heteroatoms. The Hall–Kier alpha value is -2.93. The fourth-order valence-electron chi connectivity index (χ4n) is 11.8. The number of Topliss-reactive ketones (excluding diaryl/α,β-unsaturated/α-hetero) is 1. The third-order valence-corrected chi connectivity index (χ3v) is 15.8. The lowest BCUT2D eigenvalue weighted by atomic mass is 9.69. The number of para-hydroxylation sites is 1. The van der Waals surface area contributed by atoms with Crippen LogP contribution in [0.5, 0.6) is 0 Å². The maximum Gasteiger partial charge on any atom is 0.311 e. The summed E-state index contributed by atoms with van der Waals surface area (Å²) in [5, 5.41) is 24.3. The third kappa shape index (κ3) is 11.5. The van der Waals surface area contributed by atoms with E-state index in [0.717, 1.165) is 22.0 Å². The van der Waals surface area contributed by atoms with E-state index in [4.69, 9.17) is 37.9 Å². The molecule has 4 fully saturated rings. The molecule has 0 radical (unpaired) electrons. The van der Waals surface area contributed by atoms with Gasteiger partial charge in [0.05, 0.1) is 60.3 Å². The van der Waals surface area contributed by atoms with Crippen molar-refractivity contribution in [1.82, 2.24) is 14.8 Å². The number of fused-ring (bicyclic) bond motifs is 2. The number of rotatable bonds is 13. The minimum Gasteiger partial charge on any atom is -0.459 e. The molecule has 2 N–H and O–H groups in total. The zero-order valence-corrected chi connectivity index (χ0v) is 43.3. The summed E-state index contributed by atoms with van der Waals surface area (Å²) in [6.07, 6.45) is -4.37. The summed E-state index contributed by atoms with van der Waals surface area (Å²) in [6, 6.07) is 9.89. The number of esters is 1. The number of benzene rings is 1. The number of pyridine rings is 1. The van der Waals surface area contributed by atoms with Gasteiger partial charge in [0.15, 0.2) is 12.6 Å². The molecule has 382 valence electrons. The summed E-state index contributed by atoms with van der Waals surface area (Å²) in [4.78, 5) is 38.7. The lowest BCUT2D eigenvalue weighted by Gasteiger charge is -2.50. The summed E-state index contributed by atoms with van der Waals surface area (Å²) in [5.41, 5.74) is -0.566. The van der Waals surface area contributed by atoms with E-state index in [1.807, 2.05) is 106 Å². The molecule has 4 aliphatic rings. The number of ether oxygens (including phenoxy) is 8. The number of cyclic esters (lactones) is 1. The second-order valence-corrected chi connectivity index (χ2v) is 21.5. The Kier molecular flexibility index (Phi) is 17.8.